The minimum absolute atomic E-state index is 0.0602. The van der Waals surface area contributed by atoms with Crippen molar-refractivity contribution in [3.63, 3.8) is 0 Å². The van der Waals surface area contributed by atoms with Crippen LogP contribution in [0.25, 0.3) is 0 Å². The fourth-order valence-electron chi connectivity index (χ4n) is 2.23. The molecule has 0 fully saturated rings. The van der Waals surface area contributed by atoms with Crippen molar-refractivity contribution in [2.45, 2.75) is 25.3 Å². The van der Waals surface area contributed by atoms with E-state index in [4.69, 9.17) is 4.74 Å². The standard InChI is InChI=1S/C19H19BrO3/c1-3-4-16-9-17(13(2)21)18(22)10-19(16)23-12-15-7-5-14(11-20)6-8-15/h3,5-10,22H,1,4,11-12H2,2H3. The average molecular weight is 375 g/mol. The highest BCUT2D eigenvalue weighted by Gasteiger charge is 2.13. The number of halogens is 1. The minimum Gasteiger partial charge on any atom is -0.507 e. The third-order valence-corrected chi connectivity index (χ3v) is 4.14. The Morgan fingerprint density at radius 3 is 2.48 bits per heavy atom. The summed E-state index contributed by atoms with van der Waals surface area (Å²) in [4.78, 5) is 11.5. The predicted molar refractivity (Wildman–Crippen MR) is 95.4 cm³/mol. The molecule has 2 aromatic rings. The van der Waals surface area contributed by atoms with E-state index in [-0.39, 0.29) is 11.5 Å². The SMILES string of the molecule is C=CCc1cc(C(C)=O)c(O)cc1OCc1ccc(CBr)cc1. The molecule has 0 unspecified atom stereocenters. The largest absolute Gasteiger partial charge is 0.507 e. The van der Waals surface area contributed by atoms with Gasteiger partial charge >= 0.3 is 0 Å². The zero-order valence-electron chi connectivity index (χ0n) is 13.0. The number of hydrogen-bond acceptors (Lipinski definition) is 3. The van der Waals surface area contributed by atoms with Crippen LogP contribution in [0.3, 0.4) is 0 Å². The predicted octanol–water partition coefficient (Wildman–Crippen LogP) is 4.80. The third kappa shape index (κ3) is 4.45. The fourth-order valence-corrected chi connectivity index (χ4v) is 2.60. The summed E-state index contributed by atoms with van der Waals surface area (Å²) < 4.78 is 5.83. The molecule has 4 heteroatoms. The lowest BCUT2D eigenvalue weighted by Gasteiger charge is -2.13. The van der Waals surface area contributed by atoms with Crippen LogP contribution in [0.15, 0.2) is 49.1 Å². The number of ether oxygens (including phenoxy) is 1. The highest BCUT2D eigenvalue weighted by molar-refractivity contribution is 9.08. The van der Waals surface area contributed by atoms with Gasteiger partial charge in [-0.1, -0.05) is 46.3 Å². The summed E-state index contributed by atoms with van der Waals surface area (Å²) in [6.45, 7) is 5.55. The van der Waals surface area contributed by atoms with E-state index in [0.717, 1.165) is 16.5 Å². The quantitative estimate of drug-likeness (QED) is 0.430. The summed E-state index contributed by atoms with van der Waals surface area (Å²) in [5.41, 5.74) is 3.37. The Morgan fingerprint density at radius 2 is 1.91 bits per heavy atom. The lowest BCUT2D eigenvalue weighted by molar-refractivity contribution is 0.101. The van der Waals surface area contributed by atoms with Gasteiger partial charge in [0.05, 0.1) is 5.56 Å². The third-order valence-electron chi connectivity index (χ3n) is 3.49. The lowest BCUT2D eigenvalue weighted by Crippen LogP contribution is -2.01. The number of rotatable bonds is 7. The number of phenolic OH excluding ortho intramolecular Hbond substituents is 1. The monoisotopic (exact) mass is 374 g/mol. The number of alkyl halides is 1. The van der Waals surface area contributed by atoms with Crippen molar-refractivity contribution in [1.29, 1.82) is 0 Å². The van der Waals surface area contributed by atoms with E-state index in [0.29, 0.717) is 24.3 Å². The van der Waals surface area contributed by atoms with Crippen LogP contribution in [-0.2, 0) is 18.4 Å². The molecule has 2 rings (SSSR count). The normalized spacial score (nSPS) is 10.3. The number of carbonyl (C=O) groups excluding carboxylic acids is 1. The molecule has 0 spiro atoms. The molecule has 23 heavy (non-hydrogen) atoms. The van der Waals surface area contributed by atoms with Crippen molar-refractivity contribution in [2.24, 2.45) is 0 Å². The number of carbonyl (C=O) groups is 1. The van der Waals surface area contributed by atoms with Gasteiger partial charge in [0.1, 0.15) is 18.1 Å². The number of benzene rings is 2. The highest BCUT2D eigenvalue weighted by atomic mass is 79.9. The molecule has 0 saturated heterocycles. The molecule has 120 valence electrons. The summed E-state index contributed by atoms with van der Waals surface area (Å²) >= 11 is 3.41. The van der Waals surface area contributed by atoms with Crippen molar-refractivity contribution in [3.05, 3.63) is 71.3 Å². The molecule has 0 atom stereocenters. The van der Waals surface area contributed by atoms with E-state index < -0.39 is 0 Å². The maximum atomic E-state index is 11.5. The number of hydrogen-bond donors (Lipinski definition) is 1. The Labute approximate surface area is 144 Å². The zero-order chi connectivity index (χ0) is 16.8. The van der Waals surface area contributed by atoms with E-state index in [1.165, 1.54) is 18.6 Å². The van der Waals surface area contributed by atoms with Crippen LogP contribution in [0.2, 0.25) is 0 Å². The Kier molecular flexibility index (Phi) is 5.99. The van der Waals surface area contributed by atoms with Gasteiger partial charge in [-0.3, -0.25) is 4.79 Å². The highest BCUT2D eigenvalue weighted by Crippen LogP contribution is 2.30. The summed E-state index contributed by atoms with van der Waals surface area (Å²) in [5.74, 6) is 0.330. The maximum Gasteiger partial charge on any atom is 0.163 e. The Bertz CT molecular complexity index is 705. The molecule has 2 aromatic carbocycles. The van der Waals surface area contributed by atoms with Crippen LogP contribution < -0.4 is 4.74 Å². The van der Waals surface area contributed by atoms with E-state index >= 15 is 0 Å². The van der Waals surface area contributed by atoms with Crippen molar-refractivity contribution in [1.82, 2.24) is 0 Å². The van der Waals surface area contributed by atoms with Crippen molar-refractivity contribution in [2.75, 3.05) is 0 Å². The molecule has 1 N–H and O–H groups in total. The number of Topliss-reactive ketones (excluding diaryl/α,β-unsaturated/α-hetero) is 1. The van der Waals surface area contributed by atoms with Crippen molar-refractivity contribution < 1.29 is 14.6 Å². The molecule has 0 radical (unpaired) electrons. The summed E-state index contributed by atoms with van der Waals surface area (Å²) in [6, 6.07) is 11.3. The van der Waals surface area contributed by atoms with Gasteiger partial charge in [0.2, 0.25) is 0 Å². The summed E-state index contributed by atoms with van der Waals surface area (Å²) in [6.07, 6.45) is 2.31. The molecule has 0 aliphatic carbocycles. The molecule has 0 heterocycles. The summed E-state index contributed by atoms with van der Waals surface area (Å²) in [5, 5.41) is 10.8. The lowest BCUT2D eigenvalue weighted by atomic mass is 10.0. The molecule has 0 saturated carbocycles. The van der Waals surface area contributed by atoms with Crippen LogP contribution in [0.5, 0.6) is 11.5 Å². The molecule has 0 bridgehead atoms. The van der Waals surface area contributed by atoms with E-state index in [2.05, 4.69) is 22.5 Å². The maximum absolute atomic E-state index is 11.5. The Hall–Kier alpha value is -2.07. The second kappa shape index (κ2) is 7.97. The van der Waals surface area contributed by atoms with Gasteiger partial charge in [-0.25, -0.2) is 0 Å². The van der Waals surface area contributed by atoms with E-state index in [1.807, 2.05) is 24.3 Å². The second-order valence-electron chi connectivity index (χ2n) is 5.26. The molecule has 0 amide bonds. The first-order valence-electron chi connectivity index (χ1n) is 7.29. The molecule has 0 aliphatic heterocycles. The van der Waals surface area contributed by atoms with Gasteiger partial charge in [-0.2, -0.15) is 0 Å². The van der Waals surface area contributed by atoms with Gasteiger partial charge in [0.25, 0.3) is 0 Å². The number of aromatic hydroxyl groups is 1. The first-order chi connectivity index (χ1) is 11.0. The average Bonchev–Trinajstić information content (AvgIpc) is 2.55. The molecular formula is C19H19BrO3. The van der Waals surface area contributed by atoms with Crippen LogP contribution in [-0.4, -0.2) is 10.9 Å². The minimum atomic E-state index is -0.176. The fraction of sp³-hybridized carbons (Fsp3) is 0.211. The molecule has 0 aliphatic rings. The van der Waals surface area contributed by atoms with E-state index in [1.54, 1.807) is 12.1 Å². The number of ketones is 1. The van der Waals surface area contributed by atoms with Crippen molar-refractivity contribution >= 4 is 21.7 Å². The molecule has 3 nitrogen and oxygen atoms in total. The topological polar surface area (TPSA) is 46.5 Å². The van der Waals surface area contributed by atoms with Crippen LogP contribution in [0.1, 0.15) is 34.0 Å². The first-order valence-corrected chi connectivity index (χ1v) is 8.41. The zero-order valence-corrected chi connectivity index (χ0v) is 14.6. The number of phenols is 1. The Morgan fingerprint density at radius 1 is 1.26 bits per heavy atom. The molecule has 0 aromatic heterocycles. The number of allylic oxidation sites excluding steroid dienone is 1. The van der Waals surface area contributed by atoms with Crippen molar-refractivity contribution in [3.8, 4) is 11.5 Å². The van der Waals surface area contributed by atoms with Gasteiger partial charge in [-0.05, 0) is 36.1 Å². The van der Waals surface area contributed by atoms with E-state index in [9.17, 15) is 9.90 Å². The first kappa shape index (κ1) is 17.3. The smallest absolute Gasteiger partial charge is 0.163 e. The second-order valence-corrected chi connectivity index (χ2v) is 5.83. The van der Waals surface area contributed by atoms with Gasteiger partial charge < -0.3 is 9.84 Å². The Balaban J connectivity index is 2.21. The summed E-state index contributed by atoms with van der Waals surface area (Å²) in [7, 11) is 0. The van der Waals surface area contributed by atoms with Gasteiger partial charge in [-0.15, -0.1) is 6.58 Å². The van der Waals surface area contributed by atoms with Gasteiger partial charge in [0, 0.05) is 11.4 Å². The van der Waals surface area contributed by atoms with Crippen LogP contribution >= 0.6 is 15.9 Å². The molecular weight excluding hydrogens is 356 g/mol. The van der Waals surface area contributed by atoms with Crippen LogP contribution in [0, 0.1) is 0 Å². The van der Waals surface area contributed by atoms with Crippen LogP contribution in [0.4, 0.5) is 0 Å². The van der Waals surface area contributed by atoms with Gasteiger partial charge in [0.15, 0.2) is 5.78 Å².